The number of piperazine rings is 1. The van der Waals surface area contributed by atoms with Crippen LogP contribution in [-0.2, 0) is 18.0 Å². The van der Waals surface area contributed by atoms with Crippen molar-refractivity contribution in [2.24, 2.45) is 7.05 Å². The van der Waals surface area contributed by atoms with Gasteiger partial charge < -0.3 is 4.90 Å². The number of nitriles is 1. The standard InChI is InChI=1S/C29H33F3N6O2/c1-5-21-17-38(27-26-24(36(4)28(40)35-27)13-12-20(15-33)34-26)22(6-2)16-37(21)25(14-23(39)7-3)18-8-10-19(11-9-18)29(30,31)32/h8-13,21-22,25H,5-7,14,16-17H2,1-4H3/t21-,22+,25?/m1/s1. The van der Waals surface area contributed by atoms with Gasteiger partial charge in [0.15, 0.2) is 5.82 Å². The number of pyridine rings is 1. The summed E-state index contributed by atoms with van der Waals surface area (Å²) >= 11 is 0. The van der Waals surface area contributed by atoms with Gasteiger partial charge in [-0.25, -0.2) is 9.78 Å². The topological polar surface area (TPSA) is 95.1 Å². The molecule has 1 unspecified atom stereocenters. The number of anilines is 1. The number of carbonyl (C=O) groups excluding carboxylic acids is 1. The number of aromatic nitrogens is 3. The fraction of sp³-hybridized carbons (Fsp3) is 0.483. The largest absolute Gasteiger partial charge is 0.416 e. The van der Waals surface area contributed by atoms with Crippen LogP contribution in [0.1, 0.15) is 69.3 Å². The molecular formula is C29H33F3N6O2. The Morgan fingerprint density at radius 3 is 2.30 bits per heavy atom. The van der Waals surface area contributed by atoms with Gasteiger partial charge in [0.05, 0.1) is 11.1 Å². The van der Waals surface area contributed by atoms with Crippen molar-refractivity contribution in [2.75, 3.05) is 18.0 Å². The normalized spacial score (nSPS) is 19.0. The van der Waals surface area contributed by atoms with Gasteiger partial charge in [0, 0.05) is 51.1 Å². The second-order valence-corrected chi connectivity index (χ2v) is 10.2. The second-order valence-electron chi connectivity index (χ2n) is 10.2. The van der Waals surface area contributed by atoms with E-state index in [9.17, 15) is 28.0 Å². The number of aryl methyl sites for hydroxylation is 1. The second kappa shape index (κ2) is 11.8. The number of benzene rings is 1. The Hall–Kier alpha value is -3.78. The number of rotatable bonds is 8. The third kappa shape index (κ3) is 5.72. The maximum absolute atomic E-state index is 13.2. The lowest BCUT2D eigenvalue weighted by Gasteiger charge is -2.49. The quantitative estimate of drug-likeness (QED) is 0.386. The van der Waals surface area contributed by atoms with Crippen molar-refractivity contribution in [3.8, 4) is 6.07 Å². The van der Waals surface area contributed by atoms with E-state index >= 15 is 0 Å². The molecule has 8 nitrogen and oxygen atoms in total. The van der Waals surface area contributed by atoms with E-state index in [1.165, 1.54) is 16.7 Å². The molecule has 4 rings (SSSR count). The van der Waals surface area contributed by atoms with Crippen molar-refractivity contribution in [3.63, 3.8) is 0 Å². The van der Waals surface area contributed by atoms with E-state index in [4.69, 9.17) is 0 Å². The Labute approximate surface area is 231 Å². The van der Waals surface area contributed by atoms with E-state index < -0.39 is 23.5 Å². The first-order valence-electron chi connectivity index (χ1n) is 13.5. The molecule has 0 saturated carbocycles. The zero-order chi connectivity index (χ0) is 29.2. The molecule has 2 aromatic heterocycles. The van der Waals surface area contributed by atoms with E-state index in [0.717, 1.165) is 12.1 Å². The molecule has 0 N–H and O–H groups in total. The molecule has 0 aliphatic carbocycles. The SMILES string of the molecule is CCC(=O)CC(c1ccc(C(F)(F)F)cc1)N1C[C@H](CC)N(c2nc(=O)n(C)c3ccc(C#N)nc23)C[C@H]1CC. The molecule has 11 heteroatoms. The summed E-state index contributed by atoms with van der Waals surface area (Å²) in [6.45, 7) is 6.80. The van der Waals surface area contributed by atoms with E-state index in [0.29, 0.717) is 54.8 Å². The van der Waals surface area contributed by atoms with Crippen molar-refractivity contribution < 1.29 is 18.0 Å². The highest BCUT2D eigenvalue weighted by Crippen LogP contribution is 2.37. The number of carbonyl (C=O) groups is 1. The number of alkyl halides is 3. The Balaban J connectivity index is 1.77. The Kier molecular flexibility index (Phi) is 8.59. The summed E-state index contributed by atoms with van der Waals surface area (Å²) in [6.07, 6.45) is -2.54. The van der Waals surface area contributed by atoms with E-state index in [1.54, 1.807) is 26.1 Å². The van der Waals surface area contributed by atoms with Crippen LogP contribution in [0.5, 0.6) is 0 Å². The van der Waals surface area contributed by atoms with Crippen molar-refractivity contribution in [1.29, 1.82) is 5.26 Å². The highest BCUT2D eigenvalue weighted by Gasteiger charge is 2.39. The zero-order valence-corrected chi connectivity index (χ0v) is 23.1. The predicted octanol–water partition coefficient (Wildman–Crippen LogP) is 5.01. The molecule has 1 saturated heterocycles. The van der Waals surface area contributed by atoms with E-state index in [-0.39, 0.29) is 30.0 Å². The van der Waals surface area contributed by atoms with Crippen LogP contribution in [0.25, 0.3) is 11.0 Å². The zero-order valence-electron chi connectivity index (χ0n) is 23.1. The molecule has 3 heterocycles. The number of Topliss-reactive ketones (excluding diaryl/α,β-unsaturated/α-hetero) is 1. The van der Waals surface area contributed by atoms with Crippen LogP contribution in [-0.4, -0.2) is 50.4 Å². The fourth-order valence-electron chi connectivity index (χ4n) is 5.48. The van der Waals surface area contributed by atoms with Gasteiger partial charge in [0.1, 0.15) is 23.1 Å². The molecule has 0 radical (unpaired) electrons. The Morgan fingerprint density at radius 2 is 1.73 bits per heavy atom. The lowest BCUT2D eigenvalue weighted by molar-refractivity contribution is -0.137. The monoisotopic (exact) mass is 554 g/mol. The summed E-state index contributed by atoms with van der Waals surface area (Å²) in [4.78, 5) is 38.6. The van der Waals surface area contributed by atoms with E-state index in [2.05, 4.69) is 25.8 Å². The summed E-state index contributed by atoms with van der Waals surface area (Å²) in [5.74, 6) is 0.443. The highest BCUT2D eigenvalue weighted by atomic mass is 19.4. The van der Waals surface area contributed by atoms with Gasteiger partial charge in [-0.3, -0.25) is 14.3 Å². The maximum atomic E-state index is 13.2. The Morgan fingerprint density at radius 1 is 1.05 bits per heavy atom. The molecule has 1 aliphatic heterocycles. The smallest absolute Gasteiger partial charge is 0.349 e. The molecule has 212 valence electrons. The fourth-order valence-corrected chi connectivity index (χ4v) is 5.48. The molecule has 3 aromatic rings. The van der Waals surface area contributed by atoms with E-state index in [1.807, 2.05) is 13.8 Å². The van der Waals surface area contributed by atoms with Crippen molar-refractivity contribution in [3.05, 3.63) is 63.7 Å². The number of fused-ring (bicyclic) bond motifs is 1. The summed E-state index contributed by atoms with van der Waals surface area (Å²) in [5, 5.41) is 9.45. The summed E-state index contributed by atoms with van der Waals surface area (Å²) in [6, 6.07) is 9.80. The predicted molar refractivity (Wildman–Crippen MR) is 146 cm³/mol. The lowest BCUT2D eigenvalue weighted by atomic mass is 9.92. The van der Waals surface area contributed by atoms with Crippen LogP contribution >= 0.6 is 0 Å². The summed E-state index contributed by atoms with van der Waals surface area (Å²) < 4.78 is 41.1. The average Bonchev–Trinajstić information content (AvgIpc) is 2.96. The van der Waals surface area contributed by atoms with Gasteiger partial charge in [-0.15, -0.1) is 0 Å². The van der Waals surface area contributed by atoms with Crippen molar-refractivity contribution >= 4 is 22.6 Å². The van der Waals surface area contributed by atoms with Gasteiger partial charge >= 0.3 is 11.9 Å². The van der Waals surface area contributed by atoms with Crippen LogP contribution in [0.15, 0.2) is 41.2 Å². The molecule has 1 aromatic carbocycles. The van der Waals surface area contributed by atoms with Gasteiger partial charge in [0.2, 0.25) is 0 Å². The van der Waals surface area contributed by atoms with Crippen LogP contribution in [0.2, 0.25) is 0 Å². The highest BCUT2D eigenvalue weighted by molar-refractivity contribution is 5.86. The number of hydrogen-bond acceptors (Lipinski definition) is 7. The third-order valence-electron chi connectivity index (χ3n) is 7.84. The molecular weight excluding hydrogens is 521 g/mol. The molecule has 3 atom stereocenters. The van der Waals surface area contributed by atoms with Gasteiger partial charge in [-0.2, -0.15) is 23.4 Å². The van der Waals surface area contributed by atoms with Crippen LogP contribution in [0, 0.1) is 11.3 Å². The van der Waals surface area contributed by atoms with Crippen LogP contribution in [0.3, 0.4) is 0 Å². The van der Waals surface area contributed by atoms with Crippen LogP contribution in [0.4, 0.5) is 19.0 Å². The van der Waals surface area contributed by atoms with Crippen LogP contribution < -0.4 is 10.6 Å². The number of hydrogen-bond donors (Lipinski definition) is 0. The number of ketones is 1. The molecule has 0 spiro atoms. The number of nitrogens with zero attached hydrogens (tertiary/aromatic N) is 6. The van der Waals surface area contributed by atoms with Gasteiger partial charge in [-0.05, 0) is 42.7 Å². The first-order chi connectivity index (χ1) is 19.0. The van der Waals surface area contributed by atoms with Gasteiger partial charge in [-0.1, -0.05) is 32.9 Å². The molecule has 1 aliphatic rings. The summed E-state index contributed by atoms with van der Waals surface area (Å²) in [7, 11) is 1.61. The average molecular weight is 555 g/mol. The lowest BCUT2D eigenvalue weighted by Crippen LogP contribution is -2.59. The number of halogens is 3. The first-order valence-corrected chi connectivity index (χ1v) is 13.5. The van der Waals surface area contributed by atoms with Crippen molar-refractivity contribution in [1.82, 2.24) is 19.4 Å². The minimum atomic E-state index is -4.44. The van der Waals surface area contributed by atoms with Crippen molar-refractivity contribution in [2.45, 2.75) is 70.8 Å². The Bertz CT molecular complexity index is 1480. The van der Waals surface area contributed by atoms with Gasteiger partial charge in [0.25, 0.3) is 0 Å². The first kappa shape index (κ1) is 29.2. The molecule has 0 bridgehead atoms. The third-order valence-corrected chi connectivity index (χ3v) is 7.84. The minimum absolute atomic E-state index is 0.0303. The summed E-state index contributed by atoms with van der Waals surface area (Å²) in [5.41, 5.74) is 0.741. The maximum Gasteiger partial charge on any atom is 0.416 e. The molecule has 40 heavy (non-hydrogen) atoms. The minimum Gasteiger partial charge on any atom is -0.349 e. The molecule has 0 amide bonds. The molecule has 1 fully saturated rings.